The molecule has 0 heterocycles. The van der Waals surface area contributed by atoms with Crippen LogP contribution in [-0.2, 0) is 16.9 Å². The molecule has 2 nitrogen and oxygen atoms in total. The second kappa shape index (κ2) is 4.17. The van der Waals surface area contributed by atoms with Crippen LogP contribution < -0.4 is 0 Å². The van der Waals surface area contributed by atoms with Gasteiger partial charge in [-0.1, -0.05) is 30.3 Å². The van der Waals surface area contributed by atoms with Crippen LogP contribution >= 0.6 is 0 Å². The molecule has 0 amide bonds. The Morgan fingerprint density at radius 2 is 2.27 bits per heavy atom. The number of hydrogen-bond acceptors (Lipinski definition) is 2. The Morgan fingerprint density at radius 3 is 3.07 bits per heavy atom. The Kier molecular flexibility index (Phi) is 2.89. The van der Waals surface area contributed by atoms with E-state index in [2.05, 4.69) is 12.6 Å². The van der Waals surface area contributed by atoms with Crippen molar-refractivity contribution in [2.45, 2.75) is 25.0 Å². The molecule has 1 N–H and O–H groups in total. The van der Waals surface area contributed by atoms with E-state index >= 15 is 0 Å². The number of aryl methyl sites for hydroxylation is 1. The van der Waals surface area contributed by atoms with Crippen LogP contribution in [-0.4, -0.2) is 11.7 Å². The van der Waals surface area contributed by atoms with Crippen molar-refractivity contribution in [3.63, 3.8) is 0 Å². The SMILES string of the molecule is C=CCOC1(O)CCCc2ccccc21. The lowest BCUT2D eigenvalue weighted by Gasteiger charge is -2.33. The fraction of sp³-hybridized carbons (Fsp3) is 0.385. The quantitative estimate of drug-likeness (QED) is 0.605. The fourth-order valence-corrected chi connectivity index (χ4v) is 2.12. The van der Waals surface area contributed by atoms with Crippen molar-refractivity contribution in [2.75, 3.05) is 6.61 Å². The molecule has 0 aromatic heterocycles. The topological polar surface area (TPSA) is 29.5 Å². The molecular weight excluding hydrogens is 188 g/mol. The number of aliphatic hydroxyl groups is 1. The monoisotopic (exact) mass is 204 g/mol. The molecule has 1 aromatic rings. The van der Waals surface area contributed by atoms with Crippen LogP contribution in [0.1, 0.15) is 24.0 Å². The van der Waals surface area contributed by atoms with E-state index in [1.807, 2.05) is 18.2 Å². The maximum atomic E-state index is 10.4. The molecule has 0 aliphatic heterocycles. The van der Waals surface area contributed by atoms with Gasteiger partial charge in [0.25, 0.3) is 0 Å². The van der Waals surface area contributed by atoms with Crippen LogP contribution in [0.2, 0.25) is 0 Å². The summed E-state index contributed by atoms with van der Waals surface area (Å²) in [6.45, 7) is 3.98. The molecule has 1 atom stereocenters. The van der Waals surface area contributed by atoms with E-state index in [-0.39, 0.29) is 0 Å². The smallest absolute Gasteiger partial charge is 0.192 e. The molecule has 2 rings (SSSR count). The normalized spacial score (nSPS) is 24.6. The third-order valence-corrected chi connectivity index (χ3v) is 2.84. The van der Waals surface area contributed by atoms with Crippen molar-refractivity contribution in [3.8, 4) is 0 Å². The first-order chi connectivity index (χ1) is 7.26. The first-order valence-corrected chi connectivity index (χ1v) is 5.32. The number of benzene rings is 1. The van der Waals surface area contributed by atoms with Gasteiger partial charge < -0.3 is 9.84 Å². The number of rotatable bonds is 3. The summed E-state index contributed by atoms with van der Waals surface area (Å²) >= 11 is 0. The van der Waals surface area contributed by atoms with Gasteiger partial charge in [0.2, 0.25) is 0 Å². The van der Waals surface area contributed by atoms with Crippen molar-refractivity contribution in [3.05, 3.63) is 48.0 Å². The molecular formula is C13H16O2. The van der Waals surface area contributed by atoms with E-state index in [0.717, 1.165) is 18.4 Å². The van der Waals surface area contributed by atoms with Crippen molar-refractivity contribution in [2.24, 2.45) is 0 Å². The molecule has 2 heteroatoms. The van der Waals surface area contributed by atoms with Crippen LogP contribution in [0.25, 0.3) is 0 Å². The summed E-state index contributed by atoms with van der Waals surface area (Å²) in [6, 6.07) is 7.93. The van der Waals surface area contributed by atoms with Crippen LogP contribution in [0, 0.1) is 0 Å². The minimum Gasteiger partial charge on any atom is -0.362 e. The summed E-state index contributed by atoms with van der Waals surface area (Å²) in [7, 11) is 0. The van der Waals surface area contributed by atoms with Gasteiger partial charge in [0.15, 0.2) is 5.79 Å². The van der Waals surface area contributed by atoms with Crippen molar-refractivity contribution in [1.82, 2.24) is 0 Å². The van der Waals surface area contributed by atoms with Gasteiger partial charge >= 0.3 is 0 Å². The Hall–Kier alpha value is -1.12. The third-order valence-electron chi connectivity index (χ3n) is 2.84. The molecule has 15 heavy (non-hydrogen) atoms. The minimum atomic E-state index is -1.11. The lowest BCUT2D eigenvalue weighted by atomic mass is 9.87. The Labute approximate surface area is 90.2 Å². The predicted octanol–water partition coefficient (Wildman–Crippen LogP) is 2.37. The lowest BCUT2D eigenvalue weighted by Crippen LogP contribution is -2.33. The highest BCUT2D eigenvalue weighted by Crippen LogP contribution is 2.35. The molecule has 0 saturated carbocycles. The number of hydrogen-bond donors (Lipinski definition) is 1. The molecule has 1 aliphatic carbocycles. The van der Waals surface area contributed by atoms with Gasteiger partial charge in [-0.3, -0.25) is 0 Å². The van der Waals surface area contributed by atoms with Crippen molar-refractivity contribution >= 4 is 0 Å². The number of ether oxygens (including phenoxy) is 1. The third kappa shape index (κ3) is 1.96. The van der Waals surface area contributed by atoms with Crippen molar-refractivity contribution < 1.29 is 9.84 Å². The molecule has 0 fully saturated rings. The predicted molar refractivity (Wildman–Crippen MR) is 59.4 cm³/mol. The van der Waals surface area contributed by atoms with Gasteiger partial charge in [-0.2, -0.15) is 0 Å². The van der Waals surface area contributed by atoms with E-state index in [1.165, 1.54) is 5.56 Å². The van der Waals surface area contributed by atoms with Gasteiger partial charge in [-0.05, 0) is 18.4 Å². The number of fused-ring (bicyclic) bond motifs is 1. The van der Waals surface area contributed by atoms with E-state index in [1.54, 1.807) is 6.08 Å². The van der Waals surface area contributed by atoms with Crippen LogP contribution in [0.4, 0.5) is 0 Å². The minimum absolute atomic E-state index is 0.380. The maximum absolute atomic E-state index is 10.4. The Bertz CT molecular complexity index is 359. The van der Waals surface area contributed by atoms with E-state index in [9.17, 15) is 5.11 Å². The van der Waals surface area contributed by atoms with Gasteiger partial charge in [0, 0.05) is 12.0 Å². The van der Waals surface area contributed by atoms with E-state index in [4.69, 9.17) is 4.74 Å². The highest BCUT2D eigenvalue weighted by atomic mass is 16.6. The first kappa shape index (κ1) is 10.4. The highest BCUT2D eigenvalue weighted by molar-refractivity contribution is 5.33. The van der Waals surface area contributed by atoms with Crippen molar-refractivity contribution in [1.29, 1.82) is 0 Å². The molecule has 1 aliphatic rings. The summed E-state index contributed by atoms with van der Waals surface area (Å²) < 4.78 is 5.48. The average molecular weight is 204 g/mol. The van der Waals surface area contributed by atoms with Gasteiger partial charge in [-0.15, -0.1) is 6.58 Å². The van der Waals surface area contributed by atoms with Crippen LogP contribution in [0.3, 0.4) is 0 Å². The summed E-state index contributed by atoms with van der Waals surface area (Å²) in [4.78, 5) is 0. The molecule has 0 saturated heterocycles. The summed E-state index contributed by atoms with van der Waals surface area (Å²) in [5.41, 5.74) is 2.11. The average Bonchev–Trinajstić information content (AvgIpc) is 2.27. The largest absolute Gasteiger partial charge is 0.362 e. The highest BCUT2D eigenvalue weighted by Gasteiger charge is 2.34. The summed E-state index contributed by atoms with van der Waals surface area (Å²) in [5.74, 6) is -1.11. The van der Waals surface area contributed by atoms with Gasteiger partial charge in [0.05, 0.1) is 6.61 Å². The van der Waals surface area contributed by atoms with Crippen LogP contribution in [0.15, 0.2) is 36.9 Å². The molecule has 1 aromatic carbocycles. The van der Waals surface area contributed by atoms with Gasteiger partial charge in [-0.25, -0.2) is 0 Å². The second-order valence-corrected chi connectivity index (χ2v) is 3.89. The summed E-state index contributed by atoms with van der Waals surface area (Å²) in [5, 5.41) is 10.4. The molecule has 0 radical (unpaired) electrons. The zero-order chi connectivity index (χ0) is 10.7. The lowest BCUT2D eigenvalue weighted by molar-refractivity contribution is -0.214. The van der Waals surface area contributed by atoms with Crippen LogP contribution in [0.5, 0.6) is 0 Å². The Balaban J connectivity index is 2.31. The molecule has 0 spiro atoms. The Morgan fingerprint density at radius 1 is 1.47 bits per heavy atom. The molecule has 1 unspecified atom stereocenters. The second-order valence-electron chi connectivity index (χ2n) is 3.89. The molecule has 0 bridgehead atoms. The zero-order valence-electron chi connectivity index (χ0n) is 8.78. The maximum Gasteiger partial charge on any atom is 0.192 e. The van der Waals surface area contributed by atoms with Gasteiger partial charge in [0.1, 0.15) is 0 Å². The standard InChI is InChI=1S/C13H16O2/c1-2-10-15-13(14)9-5-7-11-6-3-4-8-12(11)13/h2-4,6,8,14H,1,5,7,9-10H2. The van der Waals surface area contributed by atoms with E-state index in [0.29, 0.717) is 13.0 Å². The summed E-state index contributed by atoms with van der Waals surface area (Å²) in [6.07, 6.45) is 4.31. The van der Waals surface area contributed by atoms with E-state index < -0.39 is 5.79 Å². The fourth-order valence-electron chi connectivity index (χ4n) is 2.12. The molecule has 80 valence electrons. The first-order valence-electron chi connectivity index (χ1n) is 5.32. The zero-order valence-corrected chi connectivity index (χ0v) is 8.78.